The number of nitrogens with zero attached hydrogens (tertiary/aromatic N) is 1. The lowest BCUT2D eigenvalue weighted by molar-refractivity contribution is -0.138. The number of carbonyl (C=O) groups excluding carboxylic acids is 2. The molecular formula is C21H19NO3. The molecular weight excluding hydrogens is 314 g/mol. The lowest BCUT2D eigenvalue weighted by Gasteiger charge is -2.26. The van der Waals surface area contributed by atoms with Crippen LogP contribution in [0.2, 0.25) is 0 Å². The molecule has 0 atom stereocenters. The average Bonchev–Trinajstić information content (AvgIpc) is 2.64. The van der Waals surface area contributed by atoms with Gasteiger partial charge in [-0.25, -0.2) is 4.79 Å². The van der Waals surface area contributed by atoms with E-state index in [9.17, 15) is 9.59 Å². The van der Waals surface area contributed by atoms with Crippen LogP contribution in [0.25, 0.3) is 11.8 Å². The predicted octanol–water partition coefficient (Wildman–Crippen LogP) is 3.76. The Morgan fingerprint density at radius 2 is 1.68 bits per heavy atom. The number of rotatable bonds is 4. The summed E-state index contributed by atoms with van der Waals surface area (Å²) >= 11 is 0. The largest absolute Gasteiger partial charge is 0.462 e. The standard InChI is InChI=1S/C21H19NO3/c1-3-25-21(24)18(20(23)16-10-5-4-6-11-16)19-17-12-8-7-9-15(17)13-14-22(19)2/h4-14H,3H2,1-2H3/b19-18-. The molecule has 0 saturated carbocycles. The minimum absolute atomic E-state index is 0.0485. The molecule has 25 heavy (non-hydrogen) atoms. The molecule has 4 heteroatoms. The fraction of sp³-hybridized carbons (Fsp3) is 0.143. The molecule has 1 heterocycles. The zero-order valence-electron chi connectivity index (χ0n) is 14.2. The number of esters is 1. The summed E-state index contributed by atoms with van der Waals surface area (Å²) in [6.07, 6.45) is 3.80. The van der Waals surface area contributed by atoms with E-state index in [-0.39, 0.29) is 18.0 Å². The van der Waals surface area contributed by atoms with Gasteiger partial charge in [0.2, 0.25) is 5.78 Å². The highest BCUT2D eigenvalue weighted by atomic mass is 16.5. The van der Waals surface area contributed by atoms with Crippen molar-refractivity contribution < 1.29 is 14.3 Å². The van der Waals surface area contributed by atoms with E-state index in [1.54, 1.807) is 36.1 Å². The fourth-order valence-corrected chi connectivity index (χ4v) is 2.86. The molecule has 0 aliphatic carbocycles. The molecule has 0 spiro atoms. The topological polar surface area (TPSA) is 46.6 Å². The highest BCUT2D eigenvalue weighted by Crippen LogP contribution is 2.32. The van der Waals surface area contributed by atoms with E-state index >= 15 is 0 Å². The first kappa shape index (κ1) is 16.7. The smallest absolute Gasteiger partial charge is 0.344 e. The van der Waals surface area contributed by atoms with Crippen molar-refractivity contribution in [2.75, 3.05) is 13.7 Å². The SMILES string of the molecule is CCOC(=O)/C(C(=O)c1ccccc1)=C1/c2ccccc2C=CN1C. The summed E-state index contributed by atoms with van der Waals surface area (Å²) < 4.78 is 5.19. The summed E-state index contributed by atoms with van der Waals surface area (Å²) in [6.45, 7) is 1.94. The summed E-state index contributed by atoms with van der Waals surface area (Å²) in [7, 11) is 1.82. The van der Waals surface area contributed by atoms with E-state index in [2.05, 4.69) is 0 Å². The Morgan fingerprint density at radius 3 is 2.40 bits per heavy atom. The normalized spacial score (nSPS) is 14.7. The average molecular weight is 333 g/mol. The van der Waals surface area contributed by atoms with Gasteiger partial charge in [-0.1, -0.05) is 54.6 Å². The summed E-state index contributed by atoms with van der Waals surface area (Å²) in [4.78, 5) is 27.6. The van der Waals surface area contributed by atoms with Gasteiger partial charge >= 0.3 is 5.97 Å². The summed E-state index contributed by atoms with van der Waals surface area (Å²) in [5.41, 5.74) is 2.86. The number of hydrogen-bond acceptors (Lipinski definition) is 4. The van der Waals surface area contributed by atoms with Crippen molar-refractivity contribution in [3.05, 3.63) is 83.1 Å². The Labute approximate surface area is 147 Å². The van der Waals surface area contributed by atoms with Crippen LogP contribution in [-0.4, -0.2) is 30.3 Å². The number of fused-ring (bicyclic) bond motifs is 1. The highest BCUT2D eigenvalue weighted by Gasteiger charge is 2.29. The molecule has 0 aromatic heterocycles. The van der Waals surface area contributed by atoms with Gasteiger partial charge < -0.3 is 9.64 Å². The molecule has 0 fully saturated rings. The second-order valence-corrected chi connectivity index (χ2v) is 5.65. The van der Waals surface area contributed by atoms with Crippen LogP contribution in [0, 0.1) is 0 Å². The molecule has 1 aliphatic rings. The Bertz CT molecular complexity index is 866. The summed E-state index contributed by atoms with van der Waals surface area (Å²) in [5.74, 6) is -0.950. The molecule has 2 aromatic rings. The van der Waals surface area contributed by atoms with Gasteiger partial charge in [-0.3, -0.25) is 4.79 Å². The Kier molecular flexibility index (Phi) is 4.80. The number of ketones is 1. The summed E-state index contributed by atoms with van der Waals surface area (Å²) in [5, 5.41) is 0. The monoisotopic (exact) mass is 333 g/mol. The van der Waals surface area contributed by atoms with Crippen LogP contribution in [0.1, 0.15) is 28.4 Å². The summed E-state index contributed by atoms with van der Waals surface area (Å²) in [6, 6.07) is 16.5. The highest BCUT2D eigenvalue weighted by molar-refractivity contribution is 6.28. The van der Waals surface area contributed by atoms with Gasteiger partial charge in [0.15, 0.2) is 0 Å². The quantitative estimate of drug-likeness (QED) is 0.281. The molecule has 0 amide bonds. The van der Waals surface area contributed by atoms with Crippen LogP contribution in [0.5, 0.6) is 0 Å². The van der Waals surface area contributed by atoms with Crippen LogP contribution in [0.15, 0.2) is 66.4 Å². The van der Waals surface area contributed by atoms with Crippen molar-refractivity contribution in [3.63, 3.8) is 0 Å². The van der Waals surface area contributed by atoms with Crippen molar-refractivity contribution in [1.29, 1.82) is 0 Å². The van der Waals surface area contributed by atoms with E-state index in [1.165, 1.54) is 0 Å². The van der Waals surface area contributed by atoms with Crippen molar-refractivity contribution >= 4 is 23.5 Å². The molecule has 1 aliphatic heterocycles. The van der Waals surface area contributed by atoms with Crippen LogP contribution >= 0.6 is 0 Å². The zero-order valence-corrected chi connectivity index (χ0v) is 14.2. The van der Waals surface area contributed by atoms with Crippen LogP contribution in [0.3, 0.4) is 0 Å². The van der Waals surface area contributed by atoms with Gasteiger partial charge in [-0.2, -0.15) is 0 Å². The van der Waals surface area contributed by atoms with E-state index in [4.69, 9.17) is 4.74 Å². The molecule has 0 unspecified atom stereocenters. The minimum atomic E-state index is -0.608. The van der Waals surface area contributed by atoms with Crippen LogP contribution < -0.4 is 0 Å². The third kappa shape index (κ3) is 3.24. The third-order valence-corrected chi connectivity index (χ3v) is 4.03. The Balaban J connectivity index is 2.23. The van der Waals surface area contributed by atoms with E-state index < -0.39 is 5.97 Å². The van der Waals surface area contributed by atoms with Crippen molar-refractivity contribution in [2.45, 2.75) is 6.92 Å². The third-order valence-electron chi connectivity index (χ3n) is 4.03. The van der Waals surface area contributed by atoms with Crippen LogP contribution in [-0.2, 0) is 9.53 Å². The van der Waals surface area contributed by atoms with Gasteiger partial charge in [-0.05, 0) is 18.6 Å². The van der Waals surface area contributed by atoms with E-state index in [1.807, 2.05) is 49.7 Å². The molecule has 4 nitrogen and oxygen atoms in total. The first-order valence-electron chi connectivity index (χ1n) is 8.15. The first-order valence-corrected chi connectivity index (χ1v) is 8.15. The van der Waals surface area contributed by atoms with Gasteiger partial charge in [0, 0.05) is 24.4 Å². The van der Waals surface area contributed by atoms with Gasteiger partial charge in [0.25, 0.3) is 0 Å². The maximum atomic E-state index is 13.1. The minimum Gasteiger partial charge on any atom is -0.462 e. The van der Waals surface area contributed by atoms with Gasteiger partial charge in [-0.15, -0.1) is 0 Å². The lowest BCUT2D eigenvalue weighted by atomic mass is 9.93. The van der Waals surface area contributed by atoms with Crippen molar-refractivity contribution in [2.24, 2.45) is 0 Å². The molecule has 2 aromatic carbocycles. The van der Waals surface area contributed by atoms with Gasteiger partial charge in [0.1, 0.15) is 5.57 Å². The lowest BCUT2D eigenvalue weighted by Crippen LogP contribution is -2.25. The number of Topliss-reactive ketones (excluding diaryl/α,β-unsaturated/α-hetero) is 1. The Hall–Kier alpha value is -3.14. The van der Waals surface area contributed by atoms with Gasteiger partial charge in [0.05, 0.1) is 12.3 Å². The molecule has 0 radical (unpaired) electrons. The van der Waals surface area contributed by atoms with Crippen molar-refractivity contribution in [1.82, 2.24) is 4.90 Å². The Morgan fingerprint density at radius 1 is 1.00 bits per heavy atom. The number of benzene rings is 2. The second kappa shape index (κ2) is 7.18. The predicted molar refractivity (Wildman–Crippen MR) is 97.6 cm³/mol. The maximum absolute atomic E-state index is 13.1. The number of carbonyl (C=O) groups is 2. The van der Waals surface area contributed by atoms with E-state index in [0.29, 0.717) is 11.3 Å². The number of ether oxygens (including phenoxy) is 1. The van der Waals surface area contributed by atoms with Crippen molar-refractivity contribution in [3.8, 4) is 0 Å². The van der Waals surface area contributed by atoms with Crippen LogP contribution in [0.4, 0.5) is 0 Å². The van der Waals surface area contributed by atoms with E-state index in [0.717, 1.165) is 11.1 Å². The zero-order chi connectivity index (χ0) is 17.8. The molecule has 0 saturated heterocycles. The molecule has 126 valence electrons. The molecule has 3 rings (SSSR count). The maximum Gasteiger partial charge on any atom is 0.344 e. The fourth-order valence-electron chi connectivity index (χ4n) is 2.86. The first-order chi connectivity index (χ1) is 12.1. The number of hydrogen-bond donors (Lipinski definition) is 0. The molecule has 0 bridgehead atoms. The second-order valence-electron chi connectivity index (χ2n) is 5.65. The molecule has 0 N–H and O–H groups in total.